The summed E-state index contributed by atoms with van der Waals surface area (Å²) in [4.78, 5) is 4.10. The van der Waals surface area contributed by atoms with E-state index in [1.54, 1.807) is 12.1 Å². The molecule has 0 amide bonds. The number of aryl methyl sites for hydroxylation is 2. The van der Waals surface area contributed by atoms with E-state index in [9.17, 15) is 4.39 Å². The van der Waals surface area contributed by atoms with E-state index in [1.165, 1.54) is 16.7 Å². The average Bonchev–Trinajstić information content (AvgIpc) is 2.80. The van der Waals surface area contributed by atoms with E-state index in [4.69, 9.17) is 0 Å². The highest BCUT2D eigenvalue weighted by atomic mass is 19.1. The Bertz CT molecular complexity index is 595. The van der Waals surface area contributed by atoms with Gasteiger partial charge in [0.2, 0.25) is 0 Å². The van der Waals surface area contributed by atoms with E-state index in [0.717, 1.165) is 24.9 Å². The van der Waals surface area contributed by atoms with Crippen LogP contribution >= 0.6 is 0 Å². The van der Waals surface area contributed by atoms with E-state index in [-0.39, 0.29) is 5.82 Å². The lowest BCUT2D eigenvalue weighted by molar-refractivity contribution is 0.529. The molecule has 0 radical (unpaired) electrons. The molecule has 1 aromatic carbocycles. The molecule has 3 rings (SSSR count). The van der Waals surface area contributed by atoms with E-state index < -0.39 is 0 Å². The van der Waals surface area contributed by atoms with Crippen LogP contribution in [0.2, 0.25) is 0 Å². The molecule has 1 N–H and O–H groups in total. The highest BCUT2D eigenvalue weighted by Crippen LogP contribution is 2.31. The van der Waals surface area contributed by atoms with E-state index in [0.29, 0.717) is 6.04 Å². The van der Waals surface area contributed by atoms with Gasteiger partial charge in [-0.25, -0.2) is 4.39 Å². The van der Waals surface area contributed by atoms with Crippen molar-refractivity contribution < 1.29 is 4.39 Å². The molecular formula is C16H17FN2. The zero-order chi connectivity index (χ0) is 13.2. The second-order valence-electron chi connectivity index (χ2n) is 5.12. The molecule has 1 aliphatic rings. The highest BCUT2D eigenvalue weighted by molar-refractivity contribution is 5.35. The molecule has 1 heterocycles. The van der Waals surface area contributed by atoms with Crippen LogP contribution in [-0.4, -0.2) is 4.98 Å². The van der Waals surface area contributed by atoms with E-state index in [1.807, 2.05) is 24.5 Å². The minimum atomic E-state index is -0.135. The molecule has 19 heavy (non-hydrogen) atoms. The second-order valence-corrected chi connectivity index (χ2v) is 5.12. The van der Waals surface area contributed by atoms with Crippen LogP contribution in [0, 0.1) is 12.7 Å². The van der Waals surface area contributed by atoms with Crippen molar-refractivity contribution in [3.05, 3.63) is 64.7 Å². The van der Waals surface area contributed by atoms with Gasteiger partial charge < -0.3 is 5.32 Å². The molecule has 3 heteroatoms. The third-order valence-corrected chi connectivity index (χ3v) is 3.86. The first kappa shape index (κ1) is 12.3. The van der Waals surface area contributed by atoms with Gasteiger partial charge in [-0.05, 0) is 60.2 Å². The van der Waals surface area contributed by atoms with Crippen molar-refractivity contribution in [2.75, 3.05) is 0 Å². The minimum Gasteiger partial charge on any atom is -0.306 e. The molecule has 2 nitrogen and oxygen atoms in total. The summed E-state index contributed by atoms with van der Waals surface area (Å²) in [6, 6.07) is 7.51. The Morgan fingerprint density at radius 1 is 1.37 bits per heavy atom. The summed E-state index contributed by atoms with van der Waals surface area (Å²) in [5, 5.41) is 3.56. The van der Waals surface area contributed by atoms with Gasteiger partial charge >= 0.3 is 0 Å². The SMILES string of the molecule is Cc1cnccc1CNC1CCc2cc(F)ccc21. The fourth-order valence-corrected chi connectivity index (χ4v) is 2.73. The van der Waals surface area contributed by atoms with E-state index >= 15 is 0 Å². The predicted molar refractivity (Wildman–Crippen MR) is 73.3 cm³/mol. The lowest BCUT2D eigenvalue weighted by Crippen LogP contribution is -2.19. The van der Waals surface area contributed by atoms with Crippen LogP contribution in [0.4, 0.5) is 4.39 Å². The van der Waals surface area contributed by atoms with Crippen molar-refractivity contribution in [1.29, 1.82) is 0 Å². The quantitative estimate of drug-likeness (QED) is 0.911. The first-order valence-corrected chi connectivity index (χ1v) is 6.65. The van der Waals surface area contributed by atoms with E-state index in [2.05, 4.69) is 17.2 Å². The van der Waals surface area contributed by atoms with Gasteiger partial charge in [-0.3, -0.25) is 4.98 Å². The Morgan fingerprint density at radius 2 is 2.26 bits per heavy atom. The maximum absolute atomic E-state index is 13.2. The molecule has 0 bridgehead atoms. The number of benzene rings is 1. The fourth-order valence-electron chi connectivity index (χ4n) is 2.73. The molecule has 1 atom stereocenters. The van der Waals surface area contributed by atoms with Gasteiger partial charge in [-0.2, -0.15) is 0 Å². The maximum atomic E-state index is 13.2. The van der Waals surface area contributed by atoms with Crippen molar-refractivity contribution in [3.63, 3.8) is 0 Å². The molecule has 1 aromatic heterocycles. The van der Waals surface area contributed by atoms with Crippen LogP contribution in [-0.2, 0) is 13.0 Å². The van der Waals surface area contributed by atoms with Gasteiger partial charge in [0.05, 0.1) is 0 Å². The standard InChI is InChI=1S/C16H17FN2/c1-11-9-18-7-6-13(11)10-19-16-5-2-12-8-14(17)3-4-15(12)16/h3-4,6-9,16,19H,2,5,10H2,1H3. The number of halogens is 1. The fraction of sp³-hybridized carbons (Fsp3) is 0.312. The largest absolute Gasteiger partial charge is 0.306 e. The molecule has 0 saturated carbocycles. The van der Waals surface area contributed by atoms with Crippen LogP contribution < -0.4 is 5.32 Å². The Balaban J connectivity index is 1.72. The number of pyridine rings is 1. The van der Waals surface area contributed by atoms with Crippen LogP contribution in [0.25, 0.3) is 0 Å². The summed E-state index contributed by atoms with van der Waals surface area (Å²) < 4.78 is 13.2. The van der Waals surface area contributed by atoms with Crippen molar-refractivity contribution in [2.24, 2.45) is 0 Å². The van der Waals surface area contributed by atoms with Gasteiger partial charge in [0.15, 0.2) is 0 Å². The highest BCUT2D eigenvalue weighted by Gasteiger charge is 2.22. The summed E-state index contributed by atoms with van der Waals surface area (Å²) in [5.74, 6) is -0.135. The maximum Gasteiger partial charge on any atom is 0.123 e. The molecular weight excluding hydrogens is 239 g/mol. The monoisotopic (exact) mass is 256 g/mol. The first-order chi connectivity index (χ1) is 9.24. The molecule has 0 fully saturated rings. The normalized spacial score (nSPS) is 17.5. The third kappa shape index (κ3) is 2.51. The summed E-state index contributed by atoms with van der Waals surface area (Å²) in [7, 11) is 0. The average molecular weight is 256 g/mol. The van der Waals surface area contributed by atoms with Crippen LogP contribution in [0.15, 0.2) is 36.7 Å². The van der Waals surface area contributed by atoms with Gasteiger partial charge in [0.1, 0.15) is 5.82 Å². The summed E-state index contributed by atoms with van der Waals surface area (Å²) in [6.45, 7) is 2.90. The Kier molecular flexibility index (Phi) is 3.30. The Morgan fingerprint density at radius 3 is 3.11 bits per heavy atom. The summed E-state index contributed by atoms with van der Waals surface area (Å²) >= 11 is 0. The number of nitrogens with zero attached hydrogens (tertiary/aromatic N) is 1. The summed E-state index contributed by atoms with van der Waals surface area (Å²) in [6.07, 6.45) is 5.71. The van der Waals surface area contributed by atoms with Crippen molar-refractivity contribution in [1.82, 2.24) is 10.3 Å². The molecule has 0 spiro atoms. The lowest BCUT2D eigenvalue weighted by Gasteiger charge is -2.15. The van der Waals surface area contributed by atoms with Crippen molar-refractivity contribution >= 4 is 0 Å². The topological polar surface area (TPSA) is 24.9 Å². The minimum absolute atomic E-state index is 0.135. The molecule has 0 saturated heterocycles. The van der Waals surface area contributed by atoms with Crippen LogP contribution in [0.3, 0.4) is 0 Å². The molecule has 1 aliphatic carbocycles. The molecule has 0 aliphatic heterocycles. The third-order valence-electron chi connectivity index (χ3n) is 3.86. The van der Waals surface area contributed by atoms with Gasteiger partial charge in [-0.1, -0.05) is 6.07 Å². The zero-order valence-electron chi connectivity index (χ0n) is 11.0. The Labute approximate surface area is 112 Å². The van der Waals surface area contributed by atoms with Gasteiger partial charge in [0.25, 0.3) is 0 Å². The van der Waals surface area contributed by atoms with Crippen LogP contribution in [0.1, 0.15) is 34.7 Å². The smallest absolute Gasteiger partial charge is 0.123 e. The first-order valence-electron chi connectivity index (χ1n) is 6.65. The van der Waals surface area contributed by atoms with Gasteiger partial charge in [-0.15, -0.1) is 0 Å². The zero-order valence-corrected chi connectivity index (χ0v) is 11.0. The van der Waals surface area contributed by atoms with Crippen molar-refractivity contribution in [3.8, 4) is 0 Å². The molecule has 98 valence electrons. The number of fused-ring (bicyclic) bond motifs is 1. The van der Waals surface area contributed by atoms with Crippen molar-refractivity contribution in [2.45, 2.75) is 32.4 Å². The second kappa shape index (κ2) is 5.10. The van der Waals surface area contributed by atoms with Crippen LogP contribution in [0.5, 0.6) is 0 Å². The summed E-state index contributed by atoms with van der Waals surface area (Å²) in [5.41, 5.74) is 4.86. The number of rotatable bonds is 3. The predicted octanol–water partition coefficient (Wildman–Crippen LogP) is 3.31. The molecule has 1 unspecified atom stereocenters. The number of hydrogen-bond donors (Lipinski definition) is 1. The number of nitrogens with one attached hydrogen (secondary N) is 1. The number of aromatic nitrogens is 1. The Hall–Kier alpha value is -1.74. The molecule has 2 aromatic rings. The number of hydrogen-bond acceptors (Lipinski definition) is 2. The lowest BCUT2D eigenvalue weighted by atomic mass is 10.1. The van der Waals surface area contributed by atoms with Gasteiger partial charge in [0, 0.05) is 25.0 Å².